The number of hydrogen-bond donors (Lipinski definition) is 0. The molecular formula is C22H32O2Si. The molecule has 0 amide bonds. The molecule has 0 saturated carbocycles. The van der Waals surface area contributed by atoms with Gasteiger partial charge in [0.1, 0.15) is 13.8 Å². The molecular weight excluding hydrogens is 324 g/mol. The van der Waals surface area contributed by atoms with Crippen molar-refractivity contribution >= 4 is 13.9 Å². The maximum absolute atomic E-state index is 12.5. The SMILES string of the molecule is C=C(Cc1ccc(OC)cc1)C(=O)C#C[Si](C(C)C)(C(C)C)C(C)C. The Labute approximate surface area is 154 Å². The van der Waals surface area contributed by atoms with Gasteiger partial charge in [0, 0.05) is 12.0 Å². The number of hydrogen-bond acceptors (Lipinski definition) is 2. The van der Waals surface area contributed by atoms with Gasteiger partial charge in [0.05, 0.1) is 7.11 Å². The van der Waals surface area contributed by atoms with E-state index in [9.17, 15) is 4.79 Å². The molecule has 0 fully saturated rings. The number of rotatable bonds is 7. The molecule has 25 heavy (non-hydrogen) atoms. The highest BCUT2D eigenvalue weighted by molar-refractivity contribution is 6.90. The van der Waals surface area contributed by atoms with Crippen molar-refractivity contribution in [2.75, 3.05) is 7.11 Å². The van der Waals surface area contributed by atoms with Crippen LogP contribution in [0, 0.1) is 11.5 Å². The van der Waals surface area contributed by atoms with E-state index < -0.39 is 8.07 Å². The van der Waals surface area contributed by atoms with Crippen molar-refractivity contribution in [3.8, 4) is 17.2 Å². The summed E-state index contributed by atoms with van der Waals surface area (Å²) in [5.74, 6) is 3.64. The summed E-state index contributed by atoms with van der Waals surface area (Å²) in [6.45, 7) is 17.4. The molecule has 0 N–H and O–H groups in total. The number of carbonyl (C=O) groups excluding carboxylic acids is 1. The fourth-order valence-corrected chi connectivity index (χ4v) is 8.95. The standard InChI is InChI=1S/C22H32O2Si/c1-16(2)25(17(3)4,18(5)6)14-13-22(23)19(7)15-20-9-11-21(24-8)12-10-20/h9-12,16-18H,7,15H2,1-6,8H3. The third-order valence-electron chi connectivity index (χ3n) is 5.16. The minimum atomic E-state index is -1.88. The zero-order valence-electron chi connectivity index (χ0n) is 16.8. The van der Waals surface area contributed by atoms with Gasteiger partial charge in [-0.3, -0.25) is 4.79 Å². The predicted octanol–water partition coefficient (Wildman–Crippen LogP) is 5.58. The van der Waals surface area contributed by atoms with Crippen LogP contribution in [0.25, 0.3) is 0 Å². The van der Waals surface area contributed by atoms with Crippen LogP contribution in [0.5, 0.6) is 5.75 Å². The highest BCUT2D eigenvalue weighted by Crippen LogP contribution is 2.40. The monoisotopic (exact) mass is 356 g/mol. The van der Waals surface area contributed by atoms with Crippen LogP contribution in [0.3, 0.4) is 0 Å². The molecule has 0 aliphatic carbocycles. The topological polar surface area (TPSA) is 26.3 Å². The Morgan fingerprint density at radius 1 is 1.04 bits per heavy atom. The van der Waals surface area contributed by atoms with Gasteiger partial charge < -0.3 is 4.74 Å². The predicted molar refractivity (Wildman–Crippen MR) is 110 cm³/mol. The Bertz CT molecular complexity index is 636. The van der Waals surface area contributed by atoms with Crippen LogP contribution in [-0.2, 0) is 11.2 Å². The third-order valence-corrected chi connectivity index (χ3v) is 11.4. The van der Waals surface area contributed by atoms with E-state index in [0.717, 1.165) is 11.3 Å². The molecule has 0 unspecified atom stereocenters. The molecule has 0 saturated heterocycles. The normalized spacial score (nSPS) is 11.4. The fourth-order valence-electron chi connectivity index (χ4n) is 3.76. The quantitative estimate of drug-likeness (QED) is 0.362. The minimum absolute atomic E-state index is 0.130. The lowest BCUT2D eigenvalue weighted by atomic mass is 10.0. The Balaban J connectivity index is 2.96. The molecule has 0 atom stereocenters. The lowest BCUT2D eigenvalue weighted by Gasteiger charge is -2.37. The summed E-state index contributed by atoms with van der Waals surface area (Å²) in [5, 5.41) is 0. The van der Waals surface area contributed by atoms with Gasteiger partial charge in [0.2, 0.25) is 5.78 Å². The van der Waals surface area contributed by atoms with Gasteiger partial charge in [-0.2, -0.15) is 0 Å². The summed E-state index contributed by atoms with van der Waals surface area (Å²) in [6, 6.07) is 7.71. The fraction of sp³-hybridized carbons (Fsp3) is 0.500. The lowest BCUT2D eigenvalue weighted by Crippen LogP contribution is -2.43. The van der Waals surface area contributed by atoms with Gasteiger partial charge >= 0.3 is 0 Å². The van der Waals surface area contributed by atoms with Gasteiger partial charge in [-0.15, -0.1) is 5.54 Å². The summed E-state index contributed by atoms with van der Waals surface area (Å²) in [5.41, 5.74) is 6.62. The summed E-state index contributed by atoms with van der Waals surface area (Å²) in [4.78, 5) is 12.5. The molecule has 1 rings (SSSR count). The van der Waals surface area contributed by atoms with Crippen LogP contribution in [0.15, 0.2) is 36.4 Å². The van der Waals surface area contributed by atoms with Crippen LogP contribution < -0.4 is 4.74 Å². The molecule has 0 aliphatic heterocycles. The second kappa shape index (κ2) is 9.06. The summed E-state index contributed by atoms with van der Waals surface area (Å²) < 4.78 is 5.16. The van der Waals surface area contributed by atoms with Crippen molar-refractivity contribution in [1.29, 1.82) is 0 Å². The van der Waals surface area contributed by atoms with Gasteiger partial charge in [0.15, 0.2) is 0 Å². The van der Waals surface area contributed by atoms with E-state index in [2.05, 4.69) is 59.6 Å². The minimum Gasteiger partial charge on any atom is -0.497 e. The Hall–Kier alpha value is -1.79. The number of allylic oxidation sites excluding steroid dienone is 1. The number of benzene rings is 1. The number of ketones is 1. The smallest absolute Gasteiger partial charge is 0.231 e. The molecule has 1 aromatic rings. The summed E-state index contributed by atoms with van der Waals surface area (Å²) in [6.07, 6.45) is 0.525. The maximum atomic E-state index is 12.5. The van der Waals surface area contributed by atoms with Gasteiger partial charge in [-0.05, 0) is 40.2 Å². The molecule has 136 valence electrons. The average Bonchev–Trinajstić information content (AvgIpc) is 2.54. The Morgan fingerprint density at radius 2 is 1.52 bits per heavy atom. The molecule has 0 heterocycles. The molecule has 2 nitrogen and oxygen atoms in total. The van der Waals surface area contributed by atoms with Crippen molar-refractivity contribution in [1.82, 2.24) is 0 Å². The second-order valence-electron chi connectivity index (χ2n) is 7.60. The first-order chi connectivity index (χ1) is 11.6. The van der Waals surface area contributed by atoms with E-state index in [-0.39, 0.29) is 5.78 Å². The molecule has 0 aromatic heterocycles. The Morgan fingerprint density at radius 3 is 1.92 bits per heavy atom. The second-order valence-corrected chi connectivity index (χ2v) is 13.2. The van der Waals surface area contributed by atoms with E-state index in [1.807, 2.05) is 24.3 Å². The molecule has 0 bridgehead atoms. The van der Waals surface area contributed by atoms with E-state index in [0.29, 0.717) is 28.6 Å². The van der Waals surface area contributed by atoms with E-state index >= 15 is 0 Å². The van der Waals surface area contributed by atoms with Crippen LogP contribution in [0.1, 0.15) is 47.1 Å². The van der Waals surface area contributed by atoms with Crippen LogP contribution >= 0.6 is 0 Å². The van der Waals surface area contributed by atoms with Crippen LogP contribution in [0.2, 0.25) is 16.6 Å². The lowest BCUT2D eigenvalue weighted by molar-refractivity contribution is -0.110. The summed E-state index contributed by atoms with van der Waals surface area (Å²) in [7, 11) is -0.240. The van der Waals surface area contributed by atoms with Gasteiger partial charge in [0.25, 0.3) is 0 Å². The Kier molecular flexibility index (Phi) is 7.70. The molecule has 0 spiro atoms. The van der Waals surface area contributed by atoms with Crippen LogP contribution in [0.4, 0.5) is 0 Å². The number of Topliss-reactive ketones (excluding diaryl/α,β-unsaturated/α-hetero) is 1. The van der Waals surface area contributed by atoms with Crippen molar-refractivity contribution in [3.05, 3.63) is 42.0 Å². The number of methoxy groups -OCH3 is 1. The largest absolute Gasteiger partial charge is 0.497 e. The highest BCUT2D eigenvalue weighted by atomic mass is 28.3. The van der Waals surface area contributed by atoms with E-state index in [1.165, 1.54) is 0 Å². The summed E-state index contributed by atoms with van der Waals surface area (Å²) >= 11 is 0. The third kappa shape index (κ3) is 5.09. The average molecular weight is 357 g/mol. The highest BCUT2D eigenvalue weighted by Gasteiger charge is 2.41. The van der Waals surface area contributed by atoms with Crippen molar-refractivity contribution in [2.45, 2.75) is 64.6 Å². The van der Waals surface area contributed by atoms with Crippen LogP contribution in [-0.4, -0.2) is 21.0 Å². The zero-order chi connectivity index (χ0) is 19.2. The first-order valence-electron chi connectivity index (χ1n) is 9.03. The van der Waals surface area contributed by atoms with Crippen molar-refractivity contribution in [3.63, 3.8) is 0 Å². The first kappa shape index (κ1) is 21.2. The zero-order valence-corrected chi connectivity index (χ0v) is 17.8. The van der Waals surface area contributed by atoms with E-state index in [1.54, 1.807) is 7.11 Å². The van der Waals surface area contributed by atoms with Gasteiger partial charge in [-0.1, -0.05) is 60.3 Å². The first-order valence-corrected chi connectivity index (χ1v) is 11.3. The molecule has 0 radical (unpaired) electrons. The van der Waals surface area contributed by atoms with Crippen molar-refractivity contribution < 1.29 is 9.53 Å². The van der Waals surface area contributed by atoms with Crippen molar-refractivity contribution in [2.24, 2.45) is 0 Å². The molecule has 3 heteroatoms. The molecule has 1 aromatic carbocycles. The van der Waals surface area contributed by atoms with E-state index in [4.69, 9.17) is 4.74 Å². The van der Waals surface area contributed by atoms with Gasteiger partial charge in [-0.25, -0.2) is 0 Å². The number of carbonyl (C=O) groups is 1. The number of ether oxygens (including phenoxy) is 1. The maximum Gasteiger partial charge on any atom is 0.231 e. The molecule has 0 aliphatic rings.